The minimum atomic E-state index is -0.542. The van der Waals surface area contributed by atoms with Gasteiger partial charge in [0.15, 0.2) is 24.7 Å². The summed E-state index contributed by atoms with van der Waals surface area (Å²) in [5, 5.41) is 20.4. The van der Waals surface area contributed by atoms with Crippen molar-refractivity contribution in [2.75, 3.05) is 0 Å². The van der Waals surface area contributed by atoms with Crippen molar-refractivity contribution in [3.05, 3.63) is 88.2 Å². The molecule has 4 rings (SSSR count). The van der Waals surface area contributed by atoms with Crippen LogP contribution in [0.25, 0.3) is 0 Å². The molecule has 2 aromatic carbocycles. The maximum atomic E-state index is 12.8. The third-order valence-corrected chi connectivity index (χ3v) is 4.59. The van der Waals surface area contributed by atoms with Gasteiger partial charge in [0.05, 0.1) is 11.1 Å². The van der Waals surface area contributed by atoms with E-state index in [2.05, 4.69) is 0 Å². The molecule has 1 aliphatic rings. The molecule has 0 amide bonds. The molecule has 0 saturated heterocycles. The predicted octanol–water partition coefficient (Wildman–Crippen LogP) is 2.52. The number of aryl methyl sites for hydroxylation is 1. The molecule has 0 aliphatic heterocycles. The van der Waals surface area contributed by atoms with Crippen molar-refractivity contribution in [1.82, 2.24) is 0 Å². The molecule has 0 radical (unpaired) electrons. The van der Waals surface area contributed by atoms with Crippen LogP contribution in [0.2, 0.25) is 0 Å². The summed E-state index contributed by atoms with van der Waals surface area (Å²) in [6, 6.07) is 11.4. The van der Waals surface area contributed by atoms with Crippen molar-refractivity contribution in [1.29, 1.82) is 0 Å². The van der Waals surface area contributed by atoms with Crippen LogP contribution < -0.4 is 4.57 Å². The first-order chi connectivity index (χ1) is 12.5. The standard InChI is InChI=1S/C21H15NO4/c1-12-5-7-22(8-6-12)11-13-9-15-19(17(24)10-13)21(26)18-14(20(15)25)3-2-4-16(18)23/h2-10H,11H2,1H3,(H-,23,24,26)/p+1. The van der Waals surface area contributed by atoms with Gasteiger partial charge in [0.1, 0.15) is 11.5 Å². The number of ketones is 2. The molecule has 128 valence electrons. The number of aromatic hydroxyl groups is 2. The SMILES string of the molecule is Cc1cc[n+](Cc2cc(O)c3c(c2)C(=O)c2cccc(O)c2C3=O)cc1. The molecule has 5 heteroatoms. The van der Waals surface area contributed by atoms with Gasteiger partial charge in [-0.2, -0.15) is 0 Å². The molecule has 1 aromatic heterocycles. The lowest BCUT2D eigenvalue weighted by molar-refractivity contribution is -0.688. The van der Waals surface area contributed by atoms with E-state index < -0.39 is 5.78 Å². The van der Waals surface area contributed by atoms with Crippen LogP contribution in [-0.4, -0.2) is 21.8 Å². The van der Waals surface area contributed by atoms with Gasteiger partial charge in [0, 0.05) is 28.8 Å². The summed E-state index contributed by atoms with van der Waals surface area (Å²) in [7, 11) is 0. The highest BCUT2D eigenvalue weighted by atomic mass is 16.3. The van der Waals surface area contributed by atoms with Gasteiger partial charge in [0.25, 0.3) is 0 Å². The fraction of sp³-hybridized carbons (Fsp3) is 0.0952. The normalized spacial score (nSPS) is 12.7. The molecule has 5 nitrogen and oxygen atoms in total. The summed E-state index contributed by atoms with van der Waals surface area (Å²) in [6.07, 6.45) is 3.82. The number of carbonyl (C=O) groups is 2. The zero-order valence-electron chi connectivity index (χ0n) is 14.1. The third-order valence-electron chi connectivity index (χ3n) is 4.59. The predicted molar refractivity (Wildman–Crippen MR) is 93.6 cm³/mol. The first-order valence-corrected chi connectivity index (χ1v) is 8.18. The third kappa shape index (κ3) is 2.45. The number of pyridine rings is 1. The van der Waals surface area contributed by atoms with Gasteiger partial charge in [0.2, 0.25) is 5.78 Å². The minimum Gasteiger partial charge on any atom is -0.507 e. The van der Waals surface area contributed by atoms with Gasteiger partial charge in [-0.05, 0) is 30.7 Å². The van der Waals surface area contributed by atoms with Crippen LogP contribution in [0.15, 0.2) is 54.9 Å². The van der Waals surface area contributed by atoms with E-state index in [0.29, 0.717) is 12.1 Å². The smallest absolute Gasteiger partial charge is 0.201 e. The number of carbonyl (C=O) groups excluding carboxylic acids is 2. The average molecular weight is 346 g/mol. The molecule has 3 aromatic rings. The maximum absolute atomic E-state index is 12.8. The van der Waals surface area contributed by atoms with Crippen LogP contribution in [0, 0.1) is 6.92 Å². The zero-order chi connectivity index (χ0) is 18.4. The molecular weight excluding hydrogens is 330 g/mol. The molecule has 0 saturated carbocycles. The van der Waals surface area contributed by atoms with Gasteiger partial charge in [-0.1, -0.05) is 12.1 Å². The second kappa shape index (κ2) is 5.81. The summed E-state index contributed by atoms with van der Waals surface area (Å²) < 4.78 is 1.92. The number of hydrogen-bond donors (Lipinski definition) is 2. The number of benzene rings is 2. The quantitative estimate of drug-likeness (QED) is 0.547. The lowest BCUT2D eigenvalue weighted by Crippen LogP contribution is -2.33. The van der Waals surface area contributed by atoms with E-state index in [-0.39, 0.29) is 39.5 Å². The molecule has 1 heterocycles. The van der Waals surface area contributed by atoms with Gasteiger partial charge < -0.3 is 10.2 Å². The lowest BCUT2D eigenvalue weighted by Gasteiger charge is -2.19. The number of fused-ring (bicyclic) bond motifs is 2. The fourth-order valence-electron chi connectivity index (χ4n) is 3.28. The van der Waals surface area contributed by atoms with Gasteiger partial charge in [-0.15, -0.1) is 0 Å². The van der Waals surface area contributed by atoms with Crippen LogP contribution >= 0.6 is 0 Å². The topological polar surface area (TPSA) is 78.5 Å². The maximum Gasteiger partial charge on any atom is 0.201 e. The van der Waals surface area contributed by atoms with E-state index in [9.17, 15) is 19.8 Å². The number of hydrogen-bond acceptors (Lipinski definition) is 4. The second-order valence-corrected chi connectivity index (χ2v) is 6.44. The molecule has 0 atom stereocenters. The number of rotatable bonds is 2. The number of phenols is 2. The van der Waals surface area contributed by atoms with Crippen molar-refractivity contribution in [3.8, 4) is 11.5 Å². The monoisotopic (exact) mass is 346 g/mol. The molecule has 26 heavy (non-hydrogen) atoms. The summed E-state index contributed by atoms with van der Waals surface area (Å²) in [5.74, 6) is -1.43. The van der Waals surface area contributed by atoms with Crippen LogP contribution in [-0.2, 0) is 6.54 Å². The van der Waals surface area contributed by atoms with Crippen molar-refractivity contribution < 1.29 is 24.4 Å². The average Bonchev–Trinajstić information content (AvgIpc) is 2.61. The molecule has 0 unspecified atom stereocenters. The number of aromatic nitrogens is 1. The Bertz CT molecular complexity index is 1070. The number of phenolic OH excluding ortho intramolecular Hbond substituents is 2. The Morgan fingerprint density at radius 1 is 0.846 bits per heavy atom. The van der Waals surface area contributed by atoms with E-state index in [1.54, 1.807) is 6.07 Å². The van der Waals surface area contributed by atoms with Crippen molar-refractivity contribution in [3.63, 3.8) is 0 Å². The Morgan fingerprint density at radius 3 is 2.27 bits per heavy atom. The molecule has 0 fully saturated rings. The van der Waals surface area contributed by atoms with E-state index in [4.69, 9.17) is 0 Å². The molecule has 0 spiro atoms. The van der Waals surface area contributed by atoms with E-state index >= 15 is 0 Å². The van der Waals surface area contributed by atoms with Gasteiger partial charge in [-0.3, -0.25) is 9.59 Å². The van der Waals surface area contributed by atoms with Crippen LogP contribution in [0.3, 0.4) is 0 Å². The Hall–Kier alpha value is -3.47. The Labute approximate surface area is 149 Å². The highest BCUT2D eigenvalue weighted by Crippen LogP contribution is 2.37. The van der Waals surface area contributed by atoms with E-state index in [0.717, 1.165) is 5.56 Å². The zero-order valence-corrected chi connectivity index (χ0v) is 14.1. The fourth-order valence-corrected chi connectivity index (χ4v) is 3.28. The molecule has 1 aliphatic carbocycles. The highest BCUT2D eigenvalue weighted by Gasteiger charge is 2.34. The molecule has 2 N–H and O–H groups in total. The first kappa shape index (κ1) is 16.0. The highest BCUT2D eigenvalue weighted by molar-refractivity contribution is 6.30. The summed E-state index contributed by atoms with van der Waals surface area (Å²) in [5.41, 5.74) is 2.05. The molecular formula is C21H16NO4+. The molecule has 0 bridgehead atoms. The summed E-state index contributed by atoms with van der Waals surface area (Å²) >= 11 is 0. The van der Waals surface area contributed by atoms with Gasteiger partial charge >= 0.3 is 0 Å². The minimum absolute atomic E-state index is 0.0540. The Kier molecular flexibility index (Phi) is 3.58. The van der Waals surface area contributed by atoms with E-state index in [1.807, 2.05) is 36.0 Å². The van der Waals surface area contributed by atoms with Crippen LogP contribution in [0.5, 0.6) is 11.5 Å². The largest absolute Gasteiger partial charge is 0.507 e. The first-order valence-electron chi connectivity index (χ1n) is 8.18. The van der Waals surface area contributed by atoms with Crippen molar-refractivity contribution in [2.24, 2.45) is 0 Å². The summed E-state index contributed by atoms with van der Waals surface area (Å²) in [6.45, 7) is 2.45. The number of nitrogens with zero attached hydrogens (tertiary/aromatic N) is 1. The van der Waals surface area contributed by atoms with Crippen molar-refractivity contribution in [2.45, 2.75) is 13.5 Å². The lowest BCUT2D eigenvalue weighted by atomic mass is 9.82. The van der Waals surface area contributed by atoms with E-state index in [1.165, 1.54) is 24.3 Å². The van der Waals surface area contributed by atoms with Gasteiger partial charge in [-0.25, -0.2) is 4.57 Å². The van der Waals surface area contributed by atoms with Crippen LogP contribution in [0.4, 0.5) is 0 Å². The summed E-state index contributed by atoms with van der Waals surface area (Å²) in [4.78, 5) is 25.6. The second-order valence-electron chi connectivity index (χ2n) is 6.44. The van der Waals surface area contributed by atoms with Crippen molar-refractivity contribution >= 4 is 11.6 Å². The Balaban J connectivity index is 1.82. The Morgan fingerprint density at radius 2 is 1.54 bits per heavy atom. The van der Waals surface area contributed by atoms with Crippen LogP contribution in [0.1, 0.15) is 43.0 Å².